The lowest BCUT2D eigenvalue weighted by Crippen LogP contribution is -2.18. The van der Waals surface area contributed by atoms with Gasteiger partial charge in [-0.3, -0.25) is 4.57 Å². The third-order valence-electron chi connectivity index (χ3n) is 4.03. The largest absolute Gasteiger partial charge is 0.497 e. The van der Waals surface area contributed by atoms with E-state index < -0.39 is 0 Å². The monoisotopic (exact) mass is 395 g/mol. The summed E-state index contributed by atoms with van der Waals surface area (Å²) in [6.07, 6.45) is 0. The molecule has 0 unspecified atom stereocenters. The number of hydrogen-bond acceptors (Lipinski definition) is 7. The van der Waals surface area contributed by atoms with Gasteiger partial charge in [-0.2, -0.15) is 4.98 Å². The summed E-state index contributed by atoms with van der Waals surface area (Å²) in [7, 11) is 1.61. The Morgan fingerprint density at radius 2 is 2.04 bits per heavy atom. The van der Waals surface area contributed by atoms with Gasteiger partial charge < -0.3 is 9.26 Å². The molecule has 0 atom stereocenters. The minimum atomic E-state index is -0.256. The molecule has 4 rings (SSSR count). The Balaban J connectivity index is 1.47. The van der Waals surface area contributed by atoms with Crippen LogP contribution in [0.25, 0.3) is 11.4 Å². The number of hydrogen-bond donors (Lipinski definition) is 1. The van der Waals surface area contributed by atoms with Gasteiger partial charge in [0.05, 0.1) is 19.4 Å². The molecule has 8 nitrogen and oxygen atoms in total. The van der Waals surface area contributed by atoms with E-state index in [2.05, 4.69) is 20.3 Å². The van der Waals surface area contributed by atoms with Gasteiger partial charge in [0.15, 0.2) is 5.16 Å². The van der Waals surface area contributed by atoms with Gasteiger partial charge in [-0.25, -0.2) is 9.89 Å². The van der Waals surface area contributed by atoms with Gasteiger partial charge in [-0.05, 0) is 17.7 Å². The second-order valence-corrected chi connectivity index (χ2v) is 6.86. The van der Waals surface area contributed by atoms with Crippen molar-refractivity contribution >= 4 is 11.8 Å². The molecule has 0 amide bonds. The topological polar surface area (TPSA) is 98.8 Å². The molecule has 0 aliphatic carbocycles. The second-order valence-electron chi connectivity index (χ2n) is 5.92. The third-order valence-corrected chi connectivity index (χ3v) is 4.99. The molecular formula is C19H17N5O3S. The van der Waals surface area contributed by atoms with Crippen molar-refractivity contribution in [2.45, 2.75) is 17.5 Å². The smallest absolute Gasteiger partial charge is 0.344 e. The van der Waals surface area contributed by atoms with E-state index in [4.69, 9.17) is 9.26 Å². The number of nitrogens with zero attached hydrogens (tertiary/aromatic N) is 4. The zero-order chi connectivity index (χ0) is 19.3. The van der Waals surface area contributed by atoms with Crippen LogP contribution in [0.15, 0.2) is 69.1 Å². The van der Waals surface area contributed by atoms with Crippen molar-refractivity contribution in [1.29, 1.82) is 0 Å². The molecule has 0 spiro atoms. The predicted octanol–water partition coefficient (Wildman–Crippen LogP) is 2.97. The maximum Gasteiger partial charge on any atom is 0.344 e. The highest BCUT2D eigenvalue weighted by Gasteiger charge is 2.14. The number of nitrogens with one attached hydrogen (secondary N) is 1. The summed E-state index contributed by atoms with van der Waals surface area (Å²) in [4.78, 5) is 16.5. The Bertz CT molecular complexity index is 1120. The summed E-state index contributed by atoms with van der Waals surface area (Å²) < 4.78 is 12.1. The van der Waals surface area contributed by atoms with Crippen LogP contribution >= 0.6 is 11.8 Å². The number of rotatable bonds is 7. The van der Waals surface area contributed by atoms with Crippen molar-refractivity contribution in [3.63, 3.8) is 0 Å². The number of benzene rings is 2. The van der Waals surface area contributed by atoms with Crippen LogP contribution in [0.5, 0.6) is 5.75 Å². The summed E-state index contributed by atoms with van der Waals surface area (Å²) >= 11 is 1.36. The molecule has 0 aliphatic heterocycles. The molecule has 0 saturated carbocycles. The molecule has 0 fully saturated rings. The van der Waals surface area contributed by atoms with Crippen LogP contribution in [-0.2, 0) is 12.3 Å². The minimum Gasteiger partial charge on any atom is -0.497 e. The van der Waals surface area contributed by atoms with Crippen LogP contribution < -0.4 is 10.4 Å². The Hall–Kier alpha value is -3.33. The van der Waals surface area contributed by atoms with E-state index in [0.717, 1.165) is 16.9 Å². The lowest BCUT2D eigenvalue weighted by Gasteiger charge is -2.04. The quantitative estimate of drug-likeness (QED) is 0.480. The maximum atomic E-state index is 12.1. The third kappa shape index (κ3) is 3.99. The van der Waals surface area contributed by atoms with Crippen molar-refractivity contribution in [1.82, 2.24) is 24.9 Å². The maximum absolute atomic E-state index is 12.1. The molecule has 0 bridgehead atoms. The predicted molar refractivity (Wildman–Crippen MR) is 104 cm³/mol. The summed E-state index contributed by atoms with van der Waals surface area (Å²) in [5.74, 6) is 2.05. The summed E-state index contributed by atoms with van der Waals surface area (Å²) in [6, 6.07) is 17.2. The highest BCUT2D eigenvalue weighted by molar-refractivity contribution is 7.98. The Kier molecular flexibility index (Phi) is 5.24. The summed E-state index contributed by atoms with van der Waals surface area (Å²) in [5, 5.41) is 11.2. The number of aromatic amines is 1. The van der Waals surface area contributed by atoms with Crippen LogP contribution in [-0.4, -0.2) is 32.0 Å². The first-order valence-electron chi connectivity index (χ1n) is 8.52. The lowest BCUT2D eigenvalue weighted by atomic mass is 10.2. The van der Waals surface area contributed by atoms with Gasteiger partial charge in [-0.1, -0.05) is 59.4 Å². The fourth-order valence-electron chi connectivity index (χ4n) is 2.64. The molecular weight excluding hydrogens is 378 g/mol. The zero-order valence-electron chi connectivity index (χ0n) is 15.0. The van der Waals surface area contributed by atoms with E-state index >= 15 is 0 Å². The first kappa shape index (κ1) is 18.1. The fourth-order valence-corrected chi connectivity index (χ4v) is 3.42. The van der Waals surface area contributed by atoms with E-state index in [1.807, 2.05) is 54.6 Å². The molecule has 2 aromatic carbocycles. The zero-order valence-corrected chi connectivity index (χ0v) is 15.8. The lowest BCUT2D eigenvalue weighted by molar-refractivity contribution is 0.391. The molecule has 0 radical (unpaired) electrons. The number of aromatic nitrogens is 5. The van der Waals surface area contributed by atoms with Crippen molar-refractivity contribution in [3.05, 3.63) is 76.5 Å². The van der Waals surface area contributed by atoms with E-state index in [-0.39, 0.29) is 5.69 Å². The average molecular weight is 395 g/mol. The van der Waals surface area contributed by atoms with Crippen molar-refractivity contribution in [2.24, 2.45) is 0 Å². The molecule has 28 heavy (non-hydrogen) atoms. The van der Waals surface area contributed by atoms with Crippen LogP contribution in [0.4, 0.5) is 0 Å². The average Bonchev–Trinajstić information content (AvgIpc) is 3.35. The van der Waals surface area contributed by atoms with Gasteiger partial charge in [0.2, 0.25) is 11.7 Å². The van der Waals surface area contributed by atoms with E-state index in [0.29, 0.717) is 29.2 Å². The molecule has 1 N–H and O–H groups in total. The fraction of sp³-hybridized carbons (Fsp3) is 0.158. The Morgan fingerprint density at radius 3 is 2.86 bits per heavy atom. The van der Waals surface area contributed by atoms with E-state index in [9.17, 15) is 4.79 Å². The van der Waals surface area contributed by atoms with Crippen LogP contribution in [0.3, 0.4) is 0 Å². The van der Waals surface area contributed by atoms with Crippen LogP contribution in [0.2, 0.25) is 0 Å². The highest BCUT2D eigenvalue weighted by Crippen LogP contribution is 2.24. The molecule has 9 heteroatoms. The van der Waals surface area contributed by atoms with Gasteiger partial charge in [0.25, 0.3) is 0 Å². The van der Waals surface area contributed by atoms with Crippen LogP contribution in [0.1, 0.15) is 11.5 Å². The van der Waals surface area contributed by atoms with E-state index in [1.165, 1.54) is 11.8 Å². The van der Waals surface area contributed by atoms with Crippen LogP contribution in [0, 0.1) is 0 Å². The molecule has 0 saturated heterocycles. The molecule has 142 valence electrons. The van der Waals surface area contributed by atoms with Gasteiger partial charge in [0, 0.05) is 5.56 Å². The molecule has 2 aromatic heterocycles. The van der Waals surface area contributed by atoms with Gasteiger partial charge >= 0.3 is 5.69 Å². The minimum absolute atomic E-state index is 0.256. The normalized spacial score (nSPS) is 10.9. The highest BCUT2D eigenvalue weighted by atomic mass is 32.2. The van der Waals surface area contributed by atoms with Gasteiger partial charge in [0.1, 0.15) is 5.75 Å². The van der Waals surface area contributed by atoms with E-state index in [1.54, 1.807) is 11.7 Å². The first-order chi connectivity index (χ1) is 13.7. The SMILES string of the molecule is COc1cccc(-c2noc(CSc3n[nH]c(=O)n3Cc3ccccc3)n2)c1. The standard InChI is InChI=1S/C19H17N5O3S/c1-26-15-9-5-8-14(10-15)17-20-16(27-23-17)12-28-19-22-21-18(25)24(19)11-13-6-3-2-4-7-13/h2-10H,11-12H2,1H3,(H,21,25). The number of thioether (sulfide) groups is 1. The molecule has 4 aromatic rings. The van der Waals surface area contributed by atoms with Crippen molar-refractivity contribution in [3.8, 4) is 17.1 Å². The van der Waals surface area contributed by atoms with Crippen molar-refractivity contribution < 1.29 is 9.26 Å². The Labute approximate surface area is 164 Å². The summed E-state index contributed by atoms with van der Waals surface area (Å²) in [5.41, 5.74) is 1.57. The number of methoxy groups -OCH3 is 1. The molecule has 0 aliphatic rings. The number of H-pyrrole nitrogens is 1. The van der Waals surface area contributed by atoms with Crippen molar-refractivity contribution in [2.75, 3.05) is 7.11 Å². The molecule has 2 heterocycles. The first-order valence-corrected chi connectivity index (χ1v) is 9.50. The summed E-state index contributed by atoms with van der Waals surface area (Å²) in [6.45, 7) is 0.442. The second kappa shape index (κ2) is 8.13. The number of ether oxygens (including phenoxy) is 1. The van der Waals surface area contributed by atoms with Gasteiger partial charge in [-0.15, -0.1) is 5.10 Å². The Morgan fingerprint density at radius 1 is 1.18 bits per heavy atom.